The zero-order chi connectivity index (χ0) is 25.5. The molecular formula is C25H29BrClN3O5. The molecule has 3 unspecified atom stereocenters. The fraction of sp³-hybridized carbons (Fsp3) is 0.480. The minimum absolute atomic E-state index is 0.0532. The highest BCUT2D eigenvalue weighted by Gasteiger charge is 2.76. The minimum atomic E-state index is -1.21. The van der Waals surface area contributed by atoms with Crippen molar-refractivity contribution in [1.29, 1.82) is 0 Å². The summed E-state index contributed by atoms with van der Waals surface area (Å²) < 4.78 is 6.46. The van der Waals surface area contributed by atoms with Crippen molar-refractivity contribution in [3.8, 4) is 0 Å². The van der Waals surface area contributed by atoms with E-state index in [1.165, 1.54) is 14.7 Å². The second-order valence-corrected chi connectivity index (χ2v) is 10.7. The van der Waals surface area contributed by atoms with E-state index in [-0.39, 0.29) is 36.3 Å². The van der Waals surface area contributed by atoms with Crippen molar-refractivity contribution in [3.63, 3.8) is 0 Å². The summed E-state index contributed by atoms with van der Waals surface area (Å²) in [7, 11) is 1.66. The van der Waals surface area contributed by atoms with E-state index >= 15 is 0 Å². The Morgan fingerprint density at radius 1 is 1.29 bits per heavy atom. The predicted octanol–water partition coefficient (Wildman–Crippen LogP) is 2.24. The quantitative estimate of drug-likeness (QED) is 0.366. The Morgan fingerprint density at radius 2 is 1.97 bits per heavy atom. The fourth-order valence-electron chi connectivity index (χ4n) is 5.83. The van der Waals surface area contributed by atoms with Crippen molar-refractivity contribution in [2.45, 2.75) is 29.0 Å². The molecule has 8 nitrogen and oxygen atoms in total. The van der Waals surface area contributed by atoms with Gasteiger partial charge in [-0.2, -0.15) is 0 Å². The summed E-state index contributed by atoms with van der Waals surface area (Å²) >= 11 is 10.1. The molecule has 1 aromatic rings. The number of hydrogen-bond acceptors (Lipinski definition) is 5. The van der Waals surface area contributed by atoms with Gasteiger partial charge >= 0.3 is 0 Å². The highest BCUT2D eigenvalue weighted by atomic mass is 79.9. The Balaban J connectivity index is 1.80. The molecule has 35 heavy (non-hydrogen) atoms. The number of amides is 3. The number of nitrogens with zero attached hydrogens (tertiary/aromatic N) is 3. The molecule has 3 aliphatic heterocycles. The lowest BCUT2D eigenvalue weighted by Gasteiger charge is -2.37. The number of aliphatic hydroxyl groups excluding tert-OH is 1. The maximum atomic E-state index is 14.2. The lowest BCUT2D eigenvalue weighted by Crippen LogP contribution is -2.57. The third-order valence-corrected chi connectivity index (χ3v) is 8.31. The first-order valence-corrected chi connectivity index (χ1v) is 12.8. The molecule has 3 aliphatic rings. The van der Waals surface area contributed by atoms with E-state index < -0.39 is 35.5 Å². The number of fused-ring (bicyclic) bond motifs is 1. The molecule has 3 heterocycles. The van der Waals surface area contributed by atoms with Crippen LogP contribution in [0.3, 0.4) is 0 Å². The number of halogens is 2. The van der Waals surface area contributed by atoms with Crippen LogP contribution in [0.2, 0.25) is 5.02 Å². The van der Waals surface area contributed by atoms with Crippen LogP contribution in [-0.4, -0.2) is 88.5 Å². The number of hydrogen-bond donors (Lipinski definition) is 1. The summed E-state index contributed by atoms with van der Waals surface area (Å²) in [6.07, 6.45) is 3.03. The molecule has 10 heteroatoms. The summed E-state index contributed by atoms with van der Waals surface area (Å²) in [5, 5.41) is 10.1. The van der Waals surface area contributed by atoms with Gasteiger partial charge < -0.3 is 24.5 Å². The summed E-state index contributed by atoms with van der Waals surface area (Å²) in [5.41, 5.74) is -0.727. The van der Waals surface area contributed by atoms with Crippen LogP contribution in [0.4, 0.5) is 5.69 Å². The molecule has 4 rings (SSSR count). The van der Waals surface area contributed by atoms with Gasteiger partial charge in [-0.25, -0.2) is 0 Å². The van der Waals surface area contributed by atoms with E-state index in [1.54, 1.807) is 43.5 Å². The van der Waals surface area contributed by atoms with Gasteiger partial charge in [0.25, 0.3) is 5.91 Å². The molecule has 1 aromatic carbocycles. The van der Waals surface area contributed by atoms with Crippen molar-refractivity contribution < 1.29 is 24.2 Å². The Kier molecular flexibility index (Phi) is 7.43. The SMILES string of the molecule is C=CCN(C)C(=O)[C@H]1[C@H]2C(=O)N(CCO)C(C(=O)N(CC=C)c3ccccc3Cl)C23CC(Br)[C@@H]1O3. The third kappa shape index (κ3) is 4.02. The molecule has 188 valence electrons. The number of alkyl halides is 1. The van der Waals surface area contributed by atoms with Gasteiger partial charge in [0.05, 0.1) is 35.3 Å². The summed E-state index contributed by atoms with van der Waals surface area (Å²) in [6, 6.07) is 5.91. The van der Waals surface area contributed by atoms with Crippen molar-refractivity contribution in [1.82, 2.24) is 9.80 Å². The van der Waals surface area contributed by atoms with Crippen molar-refractivity contribution >= 4 is 50.9 Å². The Morgan fingerprint density at radius 3 is 2.60 bits per heavy atom. The zero-order valence-corrected chi connectivity index (χ0v) is 21.8. The molecule has 0 aromatic heterocycles. The minimum Gasteiger partial charge on any atom is -0.395 e. The number of likely N-dealkylation sites (N-methyl/N-ethyl adjacent to an activating group) is 1. The van der Waals surface area contributed by atoms with Gasteiger partial charge in [-0.05, 0) is 18.6 Å². The van der Waals surface area contributed by atoms with Crippen LogP contribution in [0.5, 0.6) is 0 Å². The summed E-state index contributed by atoms with van der Waals surface area (Å²) in [5.74, 6) is -2.57. The maximum Gasteiger partial charge on any atom is 0.253 e. The first-order valence-electron chi connectivity index (χ1n) is 11.5. The number of aliphatic hydroxyl groups is 1. The normalized spacial score (nSPS) is 30.8. The second-order valence-electron chi connectivity index (χ2n) is 9.12. The highest BCUT2D eigenvalue weighted by Crippen LogP contribution is 2.60. The standard InChI is InChI=1S/C25H29BrClN3O5/c1-4-10-28(3)22(32)18-19-23(33)30(12-13-31)21(25(19)14-15(26)20(18)35-25)24(34)29(11-5-2)17-9-7-6-8-16(17)27/h4-9,15,18-21,31H,1-2,10-14H2,3H3/t15?,18-,19-,20-,21?,25?/m0/s1. The Labute approximate surface area is 218 Å². The number of ether oxygens (including phenoxy) is 1. The van der Waals surface area contributed by atoms with Crippen molar-refractivity contribution in [2.24, 2.45) is 11.8 Å². The molecule has 0 saturated carbocycles. The first-order chi connectivity index (χ1) is 16.7. The van der Waals surface area contributed by atoms with Crippen LogP contribution in [0.15, 0.2) is 49.6 Å². The van der Waals surface area contributed by atoms with E-state index in [4.69, 9.17) is 16.3 Å². The molecule has 3 amide bonds. The fourth-order valence-corrected chi connectivity index (χ4v) is 7.01. The predicted molar refractivity (Wildman–Crippen MR) is 136 cm³/mol. The first kappa shape index (κ1) is 25.9. The number of carbonyl (C=O) groups is 3. The summed E-state index contributed by atoms with van der Waals surface area (Å²) in [4.78, 5) is 45.6. The van der Waals surface area contributed by atoms with Gasteiger partial charge in [-0.3, -0.25) is 14.4 Å². The summed E-state index contributed by atoms with van der Waals surface area (Å²) in [6.45, 7) is 7.57. The topological polar surface area (TPSA) is 90.4 Å². The molecule has 3 saturated heterocycles. The van der Waals surface area contributed by atoms with Crippen LogP contribution in [0, 0.1) is 11.8 Å². The van der Waals surface area contributed by atoms with E-state index in [0.717, 1.165) is 0 Å². The van der Waals surface area contributed by atoms with Crippen LogP contribution in [0.1, 0.15) is 6.42 Å². The number of rotatable bonds is 9. The Bertz CT molecular complexity index is 1050. The average molecular weight is 567 g/mol. The molecule has 3 fully saturated rings. The van der Waals surface area contributed by atoms with Gasteiger partial charge in [-0.15, -0.1) is 13.2 Å². The lowest BCUT2D eigenvalue weighted by molar-refractivity contribution is -0.144. The average Bonchev–Trinajstić information content (AvgIpc) is 3.41. The van der Waals surface area contributed by atoms with E-state index in [2.05, 4.69) is 29.1 Å². The second kappa shape index (κ2) is 10.0. The molecular weight excluding hydrogens is 538 g/mol. The van der Waals surface area contributed by atoms with Crippen LogP contribution in [-0.2, 0) is 19.1 Å². The number of anilines is 1. The van der Waals surface area contributed by atoms with E-state index in [0.29, 0.717) is 23.7 Å². The molecule has 1 N–H and O–H groups in total. The molecule has 0 radical (unpaired) electrons. The van der Waals surface area contributed by atoms with Gasteiger partial charge in [0.15, 0.2) is 0 Å². The van der Waals surface area contributed by atoms with Crippen LogP contribution >= 0.6 is 27.5 Å². The van der Waals surface area contributed by atoms with Crippen molar-refractivity contribution in [2.75, 3.05) is 38.2 Å². The van der Waals surface area contributed by atoms with Gasteiger partial charge in [0, 0.05) is 31.5 Å². The van der Waals surface area contributed by atoms with Crippen molar-refractivity contribution in [3.05, 3.63) is 54.6 Å². The largest absolute Gasteiger partial charge is 0.395 e. The number of carbonyl (C=O) groups excluding carboxylic acids is 3. The number of para-hydroxylation sites is 1. The molecule has 6 atom stereocenters. The number of β-amino-alcohol motifs (C(OH)–C–C–N with tert-alkyl or cyclic N) is 1. The Hall–Kier alpha value is -2.20. The molecule has 1 spiro atoms. The monoisotopic (exact) mass is 565 g/mol. The zero-order valence-electron chi connectivity index (χ0n) is 19.5. The third-order valence-electron chi connectivity index (χ3n) is 7.15. The van der Waals surface area contributed by atoms with Gasteiger partial charge in [0.1, 0.15) is 11.6 Å². The highest BCUT2D eigenvalue weighted by molar-refractivity contribution is 9.09. The molecule has 2 bridgehead atoms. The van der Waals surface area contributed by atoms with Crippen LogP contribution < -0.4 is 4.90 Å². The van der Waals surface area contributed by atoms with Crippen LogP contribution in [0.25, 0.3) is 0 Å². The molecule has 0 aliphatic carbocycles. The van der Waals surface area contributed by atoms with E-state index in [1.807, 2.05) is 0 Å². The smallest absolute Gasteiger partial charge is 0.253 e. The number of benzene rings is 1. The van der Waals surface area contributed by atoms with Gasteiger partial charge in [0.2, 0.25) is 11.8 Å². The lowest BCUT2D eigenvalue weighted by atomic mass is 9.70. The van der Waals surface area contributed by atoms with E-state index in [9.17, 15) is 19.5 Å². The number of likely N-dealkylation sites (tertiary alicyclic amines) is 1. The van der Waals surface area contributed by atoms with Gasteiger partial charge in [-0.1, -0.05) is 51.8 Å². The maximum absolute atomic E-state index is 14.2.